The van der Waals surface area contributed by atoms with Crippen molar-refractivity contribution in [2.75, 3.05) is 19.6 Å². The lowest BCUT2D eigenvalue weighted by Crippen LogP contribution is -2.45. The molecule has 1 aliphatic carbocycles. The fourth-order valence-electron chi connectivity index (χ4n) is 3.46. The molecule has 2 aromatic rings. The van der Waals surface area contributed by atoms with E-state index in [0.29, 0.717) is 24.7 Å². The van der Waals surface area contributed by atoms with Gasteiger partial charge in [0.1, 0.15) is 0 Å². The Kier molecular flexibility index (Phi) is 4.57. The van der Waals surface area contributed by atoms with E-state index in [1.165, 1.54) is 21.9 Å². The van der Waals surface area contributed by atoms with E-state index < -0.39 is 0 Å². The van der Waals surface area contributed by atoms with Crippen LogP contribution in [0.2, 0.25) is 0 Å². The molecule has 134 valence electrons. The summed E-state index contributed by atoms with van der Waals surface area (Å²) in [6, 6.07) is 5.98. The van der Waals surface area contributed by atoms with Crippen molar-refractivity contribution in [1.29, 1.82) is 0 Å². The van der Waals surface area contributed by atoms with Crippen LogP contribution in [0.15, 0.2) is 29.2 Å². The number of pyridine rings is 1. The number of carbonyl (C=O) groups is 1. The smallest absolute Gasteiger partial charge is 0.343 e. The number of aromatic nitrogens is 3. The van der Waals surface area contributed by atoms with Gasteiger partial charge in [0.15, 0.2) is 5.65 Å². The number of nitrogens with one attached hydrogen (secondary N) is 1. The highest BCUT2D eigenvalue weighted by Gasteiger charge is 2.25. The minimum atomic E-state index is -0.189. The molecule has 0 atom stereocenters. The minimum absolute atomic E-state index is 0.115. The number of likely N-dealkylation sites (tertiary alicyclic amines) is 1. The lowest BCUT2D eigenvalue weighted by Gasteiger charge is -2.32. The largest absolute Gasteiger partial charge is 0.350 e. The first-order valence-electron chi connectivity index (χ1n) is 9.26. The Morgan fingerprint density at radius 3 is 2.72 bits per heavy atom. The number of hydrogen-bond donors (Lipinski definition) is 1. The molecular weight excluding hydrogens is 318 g/mol. The van der Waals surface area contributed by atoms with Gasteiger partial charge in [-0.3, -0.25) is 9.20 Å². The lowest BCUT2D eigenvalue weighted by atomic mass is 10.0. The number of amides is 1. The Morgan fingerprint density at radius 2 is 2.00 bits per heavy atom. The Bertz CT molecular complexity index is 799. The molecule has 2 aromatic heterocycles. The normalized spacial score (nSPS) is 18.8. The van der Waals surface area contributed by atoms with Crippen LogP contribution < -0.4 is 11.0 Å². The van der Waals surface area contributed by atoms with E-state index >= 15 is 0 Å². The molecule has 1 saturated carbocycles. The minimum Gasteiger partial charge on any atom is -0.343 e. The summed E-state index contributed by atoms with van der Waals surface area (Å²) in [5.41, 5.74) is 0.425. The predicted molar refractivity (Wildman–Crippen MR) is 94.4 cm³/mol. The molecule has 25 heavy (non-hydrogen) atoms. The maximum atomic E-state index is 12.4. The summed E-state index contributed by atoms with van der Waals surface area (Å²) in [4.78, 5) is 26.6. The van der Waals surface area contributed by atoms with Gasteiger partial charge in [0, 0.05) is 31.7 Å². The highest BCUT2D eigenvalue weighted by Crippen LogP contribution is 2.28. The molecular formula is C18H25N5O2. The molecule has 1 N–H and O–H groups in total. The number of piperidine rings is 1. The van der Waals surface area contributed by atoms with Gasteiger partial charge in [-0.1, -0.05) is 6.07 Å². The van der Waals surface area contributed by atoms with E-state index in [0.717, 1.165) is 38.4 Å². The first-order valence-corrected chi connectivity index (χ1v) is 9.26. The SMILES string of the molecule is O=C(CCn1nc2ccccn2c1=O)N1CCC(NCC2CC2)CC1. The molecule has 1 amide bonds. The van der Waals surface area contributed by atoms with Crippen LogP contribution in [0.1, 0.15) is 32.1 Å². The fraction of sp³-hybridized carbons (Fsp3) is 0.611. The molecule has 0 spiro atoms. The van der Waals surface area contributed by atoms with Gasteiger partial charge in [0.05, 0.1) is 6.54 Å². The van der Waals surface area contributed by atoms with Crippen LogP contribution in [0.3, 0.4) is 0 Å². The molecule has 1 aliphatic heterocycles. The summed E-state index contributed by atoms with van der Waals surface area (Å²) in [5.74, 6) is 1.01. The molecule has 1 saturated heterocycles. The van der Waals surface area contributed by atoms with Gasteiger partial charge in [-0.25, -0.2) is 9.48 Å². The summed E-state index contributed by atoms with van der Waals surface area (Å²) >= 11 is 0. The molecule has 0 radical (unpaired) electrons. The van der Waals surface area contributed by atoms with Crippen molar-refractivity contribution in [2.45, 2.75) is 44.7 Å². The number of rotatable bonds is 6. The highest BCUT2D eigenvalue weighted by atomic mass is 16.2. The van der Waals surface area contributed by atoms with Crippen molar-refractivity contribution in [1.82, 2.24) is 24.4 Å². The van der Waals surface area contributed by atoms with Gasteiger partial charge >= 0.3 is 5.69 Å². The second kappa shape index (κ2) is 7.00. The molecule has 2 fully saturated rings. The third-order valence-corrected chi connectivity index (χ3v) is 5.27. The van der Waals surface area contributed by atoms with Crippen LogP contribution in [-0.2, 0) is 11.3 Å². The fourth-order valence-corrected chi connectivity index (χ4v) is 3.46. The molecule has 2 aliphatic rings. The summed E-state index contributed by atoms with van der Waals surface area (Å²) in [5, 5.41) is 7.90. The summed E-state index contributed by atoms with van der Waals surface area (Å²) in [6.45, 7) is 3.08. The van der Waals surface area contributed by atoms with Gasteiger partial charge in [0.25, 0.3) is 0 Å². The molecule has 0 unspecified atom stereocenters. The maximum Gasteiger partial charge on any atom is 0.350 e. The second-order valence-corrected chi connectivity index (χ2v) is 7.19. The molecule has 0 bridgehead atoms. The Balaban J connectivity index is 1.27. The monoisotopic (exact) mass is 343 g/mol. The van der Waals surface area contributed by atoms with Crippen LogP contribution in [0.25, 0.3) is 5.65 Å². The van der Waals surface area contributed by atoms with E-state index in [4.69, 9.17) is 0 Å². The van der Waals surface area contributed by atoms with Crippen molar-refractivity contribution in [3.8, 4) is 0 Å². The first kappa shape index (κ1) is 16.3. The van der Waals surface area contributed by atoms with E-state index in [9.17, 15) is 9.59 Å². The van der Waals surface area contributed by atoms with Crippen molar-refractivity contribution in [3.05, 3.63) is 34.9 Å². The average Bonchev–Trinajstić information content (AvgIpc) is 3.42. The number of carbonyl (C=O) groups excluding carboxylic acids is 1. The molecule has 7 heteroatoms. The third-order valence-electron chi connectivity index (χ3n) is 5.27. The molecule has 7 nitrogen and oxygen atoms in total. The average molecular weight is 343 g/mol. The summed E-state index contributed by atoms with van der Waals surface area (Å²) in [7, 11) is 0. The number of hydrogen-bond acceptors (Lipinski definition) is 4. The highest BCUT2D eigenvalue weighted by molar-refractivity contribution is 5.76. The van der Waals surface area contributed by atoms with Gasteiger partial charge in [0.2, 0.25) is 5.91 Å². The molecule has 0 aromatic carbocycles. The van der Waals surface area contributed by atoms with Crippen LogP contribution in [0, 0.1) is 5.92 Å². The van der Waals surface area contributed by atoms with E-state index in [-0.39, 0.29) is 11.6 Å². The van der Waals surface area contributed by atoms with Crippen molar-refractivity contribution >= 4 is 11.6 Å². The Hall–Kier alpha value is -2.15. The number of aryl methyl sites for hydroxylation is 1. The van der Waals surface area contributed by atoms with E-state index in [1.807, 2.05) is 11.0 Å². The van der Waals surface area contributed by atoms with E-state index in [2.05, 4.69) is 10.4 Å². The van der Waals surface area contributed by atoms with Gasteiger partial charge in [-0.2, -0.15) is 0 Å². The first-order chi connectivity index (χ1) is 12.2. The van der Waals surface area contributed by atoms with Crippen molar-refractivity contribution in [3.63, 3.8) is 0 Å². The summed E-state index contributed by atoms with van der Waals surface area (Å²) in [6.07, 6.45) is 6.80. The zero-order valence-electron chi connectivity index (χ0n) is 14.4. The number of fused-ring (bicyclic) bond motifs is 1. The van der Waals surface area contributed by atoms with Crippen molar-refractivity contribution in [2.24, 2.45) is 5.92 Å². The van der Waals surface area contributed by atoms with Gasteiger partial charge in [-0.05, 0) is 50.3 Å². The van der Waals surface area contributed by atoms with Crippen molar-refractivity contribution < 1.29 is 4.79 Å². The van der Waals surface area contributed by atoms with E-state index in [1.54, 1.807) is 18.3 Å². The third kappa shape index (κ3) is 3.76. The Labute approximate surface area is 146 Å². The number of nitrogens with zero attached hydrogens (tertiary/aromatic N) is 4. The molecule has 4 rings (SSSR count). The Morgan fingerprint density at radius 1 is 1.20 bits per heavy atom. The lowest BCUT2D eigenvalue weighted by molar-refractivity contribution is -0.132. The van der Waals surface area contributed by atoms with Crippen LogP contribution in [-0.4, -0.2) is 50.7 Å². The predicted octanol–water partition coefficient (Wildman–Crippen LogP) is 0.877. The van der Waals surface area contributed by atoms with Crippen LogP contribution in [0.4, 0.5) is 0 Å². The summed E-state index contributed by atoms with van der Waals surface area (Å²) < 4.78 is 2.89. The zero-order valence-corrected chi connectivity index (χ0v) is 14.4. The van der Waals surface area contributed by atoms with Gasteiger partial charge in [-0.15, -0.1) is 5.10 Å². The standard InChI is InChI=1S/C18H25N5O2/c24-17(21-10-6-15(7-11-21)19-13-14-4-5-14)8-12-23-18(25)22-9-2-1-3-16(22)20-23/h1-3,9,14-15,19H,4-8,10-13H2. The molecule has 3 heterocycles. The second-order valence-electron chi connectivity index (χ2n) is 7.19. The van der Waals surface area contributed by atoms with Crippen LogP contribution >= 0.6 is 0 Å². The van der Waals surface area contributed by atoms with Crippen LogP contribution in [0.5, 0.6) is 0 Å². The topological polar surface area (TPSA) is 71.6 Å². The maximum absolute atomic E-state index is 12.4. The zero-order chi connectivity index (χ0) is 17.2. The van der Waals surface area contributed by atoms with Gasteiger partial charge < -0.3 is 10.2 Å². The quantitative estimate of drug-likeness (QED) is 0.845.